The molecule has 0 aliphatic carbocycles. The van der Waals surface area contributed by atoms with Crippen LogP contribution in [-0.2, 0) is 6.42 Å². The van der Waals surface area contributed by atoms with Crippen molar-refractivity contribution in [2.45, 2.75) is 25.7 Å². The molecule has 66 valence electrons. The van der Waals surface area contributed by atoms with Crippen LogP contribution in [0.3, 0.4) is 0 Å². The zero-order valence-corrected chi connectivity index (χ0v) is 7.33. The molecule has 0 atom stereocenters. The summed E-state index contributed by atoms with van der Waals surface area (Å²) in [5, 5.41) is 4.24. The Labute approximate surface area is 75.5 Å². The summed E-state index contributed by atoms with van der Waals surface area (Å²) in [5.41, 5.74) is 1.40. The molecule has 0 radical (unpaired) electrons. The van der Waals surface area contributed by atoms with Crippen molar-refractivity contribution >= 4 is 0 Å². The maximum Gasteiger partial charge on any atom is 0.210 e. The zero-order chi connectivity index (χ0) is 9.36. The Balaban J connectivity index is 2.07. The highest BCUT2D eigenvalue weighted by Gasteiger charge is 1.90. The van der Waals surface area contributed by atoms with Gasteiger partial charge in [0.25, 0.3) is 0 Å². The van der Waals surface area contributed by atoms with Crippen LogP contribution < -0.4 is 0 Å². The van der Waals surface area contributed by atoms with Gasteiger partial charge in [0.05, 0.1) is 0 Å². The van der Waals surface area contributed by atoms with Gasteiger partial charge in [-0.05, 0) is 24.8 Å². The average Bonchev–Trinajstić information content (AvgIpc) is 2.19. The summed E-state index contributed by atoms with van der Waals surface area (Å²) in [6.45, 7) is 0.564. The van der Waals surface area contributed by atoms with Gasteiger partial charge in [0.15, 0.2) is 0 Å². The molecule has 0 aliphatic rings. The third-order valence-corrected chi connectivity index (χ3v) is 1.95. The van der Waals surface area contributed by atoms with Gasteiger partial charge in [0.2, 0.25) is 1.43 Å². The molecular weight excluding hydrogens is 148 g/mol. The number of hydrogen-bond acceptors (Lipinski definition) is 1. The van der Waals surface area contributed by atoms with Crippen LogP contribution in [0.2, 0.25) is 0 Å². The maximum atomic E-state index is 6.50. The molecule has 0 saturated carbocycles. The predicted molar refractivity (Wildman–Crippen MR) is 51.1 cm³/mol. The molecule has 0 heterocycles. The molecule has 0 amide bonds. The van der Waals surface area contributed by atoms with Crippen LogP contribution in [-0.4, -0.2) is 13.1 Å². The second-order valence-corrected chi connectivity index (χ2v) is 3.00. The Morgan fingerprint density at radius 1 is 1.08 bits per heavy atom. The van der Waals surface area contributed by atoms with Crippen LogP contribution in [0.15, 0.2) is 30.3 Å². The van der Waals surface area contributed by atoms with Gasteiger partial charge in [-0.25, -0.2) is 0 Å². The van der Waals surface area contributed by atoms with Crippen LogP contribution in [0.25, 0.3) is 0 Å². The second kappa shape index (κ2) is 5.78. The fourth-order valence-electron chi connectivity index (χ4n) is 1.25. The topological polar surface area (TPSA) is 20.2 Å². The maximum absolute atomic E-state index is 6.50. The van der Waals surface area contributed by atoms with Crippen molar-refractivity contribution in [1.82, 2.24) is 0 Å². The first-order valence-corrected chi connectivity index (χ1v) is 4.55. The van der Waals surface area contributed by atoms with Gasteiger partial charge in [-0.1, -0.05) is 36.8 Å². The molecule has 0 fully saturated rings. The predicted octanol–water partition coefficient (Wildman–Crippen LogP) is 2.39. The summed E-state index contributed by atoms with van der Waals surface area (Å²) in [4.78, 5) is 0. The fraction of sp³-hybridized carbons (Fsp3) is 0.455. The number of hydrogen-bond donors (Lipinski definition) is 1. The zero-order valence-electron chi connectivity index (χ0n) is 8.33. The molecule has 0 aromatic heterocycles. The van der Waals surface area contributed by atoms with Gasteiger partial charge < -0.3 is 5.11 Å². The minimum Gasteiger partial charge on any atom is -0.396 e. The van der Waals surface area contributed by atoms with Gasteiger partial charge in [-0.3, -0.25) is 0 Å². The third kappa shape index (κ3) is 3.54. The van der Waals surface area contributed by atoms with E-state index in [1.807, 2.05) is 6.07 Å². The molecular formula is C11H16O. The molecule has 12 heavy (non-hydrogen) atoms. The van der Waals surface area contributed by atoms with Crippen molar-refractivity contribution in [3.8, 4) is 0 Å². The molecule has 1 rings (SSSR count). The third-order valence-electron chi connectivity index (χ3n) is 1.95. The standard InChI is InChI=1S/C11H16O/c12-10-6-2-5-9-11-7-3-1-4-8-11/h1,3-4,7-8,12H,2,5-6,9-10H2/i12D. The number of rotatable bonds is 6. The Bertz CT molecular complexity index is 211. The number of aliphatic hydroxyl groups excluding tert-OH is 1. The monoisotopic (exact) mass is 165 g/mol. The number of unbranched alkanes of at least 4 members (excludes halogenated alkanes) is 2. The molecule has 0 unspecified atom stereocenters. The van der Waals surface area contributed by atoms with Gasteiger partial charge in [-0.15, -0.1) is 0 Å². The van der Waals surface area contributed by atoms with Crippen LogP contribution >= 0.6 is 0 Å². The molecule has 1 nitrogen and oxygen atoms in total. The molecule has 1 aromatic carbocycles. The molecule has 1 aromatic rings. The number of benzene rings is 1. The van der Waals surface area contributed by atoms with E-state index in [0.29, 0.717) is 6.61 Å². The van der Waals surface area contributed by atoms with E-state index in [-0.39, 0.29) is 0 Å². The quantitative estimate of drug-likeness (QED) is 0.642. The Hall–Kier alpha value is -0.820. The van der Waals surface area contributed by atoms with E-state index >= 15 is 0 Å². The van der Waals surface area contributed by atoms with Gasteiger partial charge in [-0.2, -0.15) is 0 Å². The van der Waals surface area contributed by atoms with Gasteiger partial charge in [0.1, 0.15) is 0 Å². The first kappa shape index (κ1) is 7.81. The van der Waals surface area contributed by atoms with Crippen molar-refractivity contribution in [2.24, 2.45) is 0 Å². The van der Waals surface area contributed by atoms with Crippen molar-refractivity contribution in [3.05, 3.63) is 35.9 Å². The average molecular weight is 165 g/mol. The molecule has 0 spiro atoms. The van der Waals surface area contributed by atoms with E-state index in [1.54, 1.807) is 0 Å². The highest BCUT2D eigenvalue weighted by atomic mass is 16.2. The van der Waals surface area contributed by atoms with E-state index in [0.717, 1.165) is 19.3 Å². The minimum atomic E-state index is 0.564. The first-order valence-electron chi connectivity index (χ1n) is 4.96. The molecule has 1 N–H and O–H groups in total. The van der Waals surface area contributed by atoms with Crippen molar-refractivity contribution in [2.75, 3.05) is 6.61 Å². The summed E-state index contributed by atoms with van der Waals surface area (Å²) < 4.78 is 6.50. The van der Waals surface area contributed by atoms with Crippen molar-refractivity contribution in [1.29, 1.82) is 1.43 Å². The van der Waals surface area contributed by atoms with Crippen molar-refractivity contribution < 1.29 is 5.11 Å². The molecule has 0 saturated heterocycles. The van der Waals surface area contributed by atoms with Gasteiger partial charge >= 0.3 is 0 Å². The summed E-state index contributed by atoms with van der Waals surface area (Å²) in [6.07, 6.45) is 4.47. The summed E-state index contributed by atoms with van der Waals surface area (Å²) >= 11 is 0. The molecule has 0 aliphatic heterocycles. The van der Waals surface area contributed by atoms with Crippen LogP contribution in [0.4, 0.5) is 0 Å². The van der Waals surface area contributed by atoms with Crippen LogP contribution in [0, 0.1) is 0 Å². The smallest absolute Gasteiger partial charge is 0.210 e. The molecule has 1 heteroatoms. The van der Waals surface area contributed by atoms with Crippen molar-refractivity contribution in [3.63, 3.8) is 0 Å². The lowest BCUT2D eigenvalue weighted by Crippen LogP contribution is -1.87. The minimum absolute atomic E-state index is 0.564. The van der Waals surface area contributed by atoms with Gasteiger partial charge in [0, 0.05) is 6.61 Å². The normalized spacial score (nSPS) is 11.2. The van der Waals surface area contributed by atoms with E-state index in [9.17, 15) is 0 Å². The highest BCUT2D eigenvalue weighted by Crippen LogP contribution is 2.05. The molecule has 0 bridgehead atoms. The summed E-state index contributed by atoms with van der Waals surface area (Å²) in [7, 11) is 0. The van der Waals surface area contributed by atoms with Crippen LogP contribution in [0.1, 0.15) is 24.8 Å². The first-order chi connectivity index (χ1) is 6.43. The van der Waals surface area contributed by atoms with E-state index < -0.39 is 0 Å². The Morgan fingerprint density at radius 2 is 1.92 bits per heavy atom. The van der Waals surface area contributed by atoms with E-state index in [2.05, 4.69) is 29.4 Å². The number of aryl methyl sites for hydroxylation is 1. The van der Waals surface area contributed by atoms with E-state index in [4.69, 9.17) is 1.43 Å². The lowest BCUT2D eigenvalue weighted by Gasteiger charge is -1.99. The largest absolute Gasteiger partial charge is 0.396 e. The summed E-state index contributed by atoms with van der Waals surface area (Å²) in [5.74, 6) is 0. The Kier molecular flexibility index (Phi) is 3.76. The fourth-order valence-corrected chi connectivity index (χ4v) is 1.25. The SMILES string of the molecule is [2H]OCCCCCc1ccccc1. The van der Waals surface area contributed by atoms with E-state index in [1.165, 1.54) is 12.0 Å². The second-order valence-electron chi connectivity index (χ2n) is 3.00. The van der Waals surface area contributed by atoms with Crippen LogP contribution in [0.5, 0.6) is 0 Å². The Morgan fingerprint density at radius 3 is 2.67 bits per heavy atom. The lowest BCUT2D eigenvalue weighted by atomic mass is 10.1. The lowest BCUT2D eigenvalue weighted by molar-refractivity contribution is 0.283. The number of aliphatic hydroxyl groups is 1. The highest BCUT2D eigenvalue weighted by molar-refractivity contribution is 5.14. The summed E-state index contributed by atoms with van der Waals surface area (Å²) in [6, 6.07) is 10.5.